The third-order valence-electron chi connectivity index (χ3n) is 3.99. The molecule has 2 rings (SSSR count). The van der Waals surface area contributed by atoms with Gasteiger partial charge in [-0.25, -0.2) is 0 Å². The van der Waals surface area contributed by atoms with E-state index < -0.39 is 17.9 Å². The summed E-state index contributed by atoms with van der Waals surface area (Å²) in [4.78, 5) is 25.8. The van der Waals surface area contributed by atoms with Gasteiger partial charge in [-0.05, 0) is 42.2 Å². The first kappa shape index (κ1) is 22.4. The average molecular weight is 443 g/mol. The van der Waals surface area contributed by atoms with Crippen molar-refractivity contribution in [2.24, 2.45) is 0 Å². The molecule has 0 aliphatic carbocycles. The quantitative estimate of drug-likeness (QED) is 0.419. The molecule has 0 spiro atoms. The van der Waals surface area contributed by atoms with Crippen molar-refractivity contribution in [3.05, 3.63) is 22.6 Å². The van der Waals surface area contributed by atoms with E-state index in [1.165, 1.54) is 33.1 Å². The number of methoxy groups -OCH3 is 3. The first-order chi connectivity index (χ1) is 13.4. The summed E-state index contributed by atoms with van der Waals surface area (Å²) in [5, 5.41) is 11.5. The fraction of sp³-hybridized carbons (Fsp3) is 0.389. The number of carbonyl (C=O) groups is 2. The lowest BCUT2D eigenvalue weighted by molar-refractivity contribution is -0.310. The fourth-order valence-electron chi connectivity index (χ4n) is 2.67. The standard InChI is InChI=1S/C18H21NO6S3/c1-23-12-7-10(8-13(24-2)15(12)25-3)9-14-16(20)19(18(26)28-14)11(17(21)22)5-6-27-4/h7-9,11H,5-6H2,1-4H3,(H,21,22)/p-1/b14-9-/t11-/m0/s1. The number of carboxylic acids is 1. The number of hydrogen-bond donors (Lipinski definition) is 0. The Morgan fingerprint density at radius 1 is 1.29 bits per heavy atom. The highest BCUT2D eigenvalue weighted by Gasteiger charge is 2.37. The Morgan fingerprint density at radius 2 is 1.89 bits per heavy atom. The molecule has 1 aromatic rings. The van der Waals surface area contributed by atoms with Crippen molar-refractivity contribution in [3.8, 4) is 17.2 Å². The minimum atomic E-state index is -1.32. The van der Waals surface area contributed by atoms with E-state index in [-0.39, 0.29) is 10.7 Å². The topological polar surface area (TPSA) is 88.1 Å². The molecule has 28 heavy (non-hydrogen) atoms. The number of thioether (sulfide) groups is 2. The lowest BCUT2D eigenvalue weighted by Crippen LogP contribution is -2.50. The van der Waals surface area contributed by atoms with Crippen molar-refractivity contribution in [2.75, 3.05) is 33.3 Å². The lowest BCUT2D eigenvalue weighted by atomic mass is 10.1. The second-order valence-corrected chi connectivity index (χ2v) is 8.29. The van der Waals surface area contributed by atoms with E-state index in [9.17, 15) is 14.7 Å². The van der Waals surface area contributed by atoms with Gasteiger partial charge in [0.25, 0.3) is 5.91 Å². The van der Waals surface area contributed by atoms with Crippen molar-refractivity contribution >= 4 is 58.0 Å². The maximum atomic E-state index is 12.8. The van der Waals surface area contributed by atoms with Crippen LogP contribution in [0.15, 0.2) is 17.0 Å². The van der Waals surface area contributed by atoms with Crippen molar-refractivity contribution in [1.29, 1.82) is 0 Å². The monoisotopic (exact) mass is 442 g/mol. The molecule has 0 saturated carbocycles. The van der Waals surface area contributed by atoms with Crippen molar-refractivity contribution in [1.82, 2.24) is 4.90 Å². The first-order valence-electron chi connectivity index (χ1n) is 8.14. The van der Waals surface area contributed by atoms with Crippen molar-refractivity contribution in [2.45, 2.75) is 12.5 Å². The van der Waals surface area contributed by atoms with Gasteiger partial charge in [0.05, 0.1) is 38.2 Å². The molecule has 1 saturated heterocycles. The van der Waals surface area contributed by atoms with E-state index in [4.69, 9.17) is 26.4 Å². The van der Waals surface area contributed by atoms with Gasteiger partial charge in [0.15, 0.2) is 11.5 Å². The maximum absolute atomic E-state index is 12.8. The van der Waals surface area contributed by atoms with Gasteiger partial charge in [0.2, 0.25) is 5.75 Å². The summed E-state index contributed by atoms with van der Waals surface area (Å²) >= 11 is 7.79. The number of rotatable bonds is 9. The SMILES string of the molecule is COc1cc(/C=C2\SC(=S)N([C@@H](CCSC)C(=O)[O-])C2=O)cc(OC)c1OC. The Morgan fingerprint density at radius 3 is 2.36 bits per heavy atom. The molecule has 0 radical (unpaired) electrons. The molecule has 1 aliphatic heterocycles. The van der Waals surface area contributed by atoms with Gasteiger partial charge in [-0.3, -0.25) is 9.69 Å². The van der Waals surface area contributed by atoms with Crippen molar-refractivity contribution in [3.63, 3.8) is 0 Å². The molecule has 0 unspecified atom stereocenters. The second-order valence-electron chi connectivity index (χ2n) is 5.63. The summed E-state index contributed by atoms with van der Waals surface area (Å²) in [7, 11) is 4.49. The van der Waals surface area contributed by atoms with Crippen LogP contribution in [0.3, 0.4) is 0 Å². The molecule has 1 aliphatic rings. The van der Waals surface area contributed by atoms with Crippen LogP contribution < -0.4 is 19.3 Å². The zero-order valence-electron chi connectivity index (χ0n) is 15.8. The number of aliphatic carboxylic acids is 1. The molecule has 0 aromatic heterocycles. The molecule has 1 atom stereocenters. The summed E-state index contributed by atoms with van der Waals surface area (Å²) in [5.74, 6) is 0.108. The summed E-state index contributed by atoms with van der Waals surface area (Å²) in [6.45, 7) is 0. The number of thiocarbonyl (C=S) groups is 1. The number of hydrogen-bond acceptors (Lipinski definition) is 9. The minimum Gasteiger partial charge on any atom is -0.548 e. The van der Waals surface area contributed by atoms with Crippen LogP contribution in [0.5, 0.6) is 17.2 Å². The number of amides is 1. The third kappa shape index (κ3) is 4.73. The van der Waals surface area contributed by atoms with Crippen LogP contribution in [0, 0.1) is 0 Å². The highest BCUT2D eigenvalue weighted by Crippen LogP contribution is 2.40. The molecule has 1 fully saturated rings. The molecule has 7 nitrogen and oxygen atoms in total. The number of nitrogens with zero attached hydrogens (tertiary/aromatic N) is 1. The largest absolute Gasteiger partial charge is 0.548 e. The number of benzene rings is 1. The molecule has 1 amide bonds. The van der Waals surface area contributed by atoms with E-state index in [1.54, 1.807) is 18.2 Å². The molecule has 1 heterocycles. The predicted molar refractivity (Wildman–Crippen MR) is 113 cm³/mol. The molecular weight excluding hydrogens is 422 g/mol. The summed E-state index contributed by atoms with van der Waals surface area (Å²) < 4.78 is 16.1. The molecule has 152 valence electrons. The van der Waals surface area contributed by atoms with E-state index in [0.29, 0.717) is 33.5 Å². The van der Waals surface area contributed by atoms with E-state index in [0.717, 1.165) is 16.7 Å². The molecule has 10 heteroatoms. The molecule has 1 aromatic carbocycles. The zero-order chi connectivity index (χ0) is 20.8. The average Bonchev–Trinajstić information content (AvgIpc) is 2.94. The second kappa shape index (κ2) is 10.0. The van der Waals surface area contributed by atoms with Gasteiger partial charge in [0.1, 0.15) is 4.32 Å². The highest BCUT2D eigenvalue weighted by atomic mass is 32.2. The third-order valence-corrected chi connectivity index (χ3v) is 5.96. The van der Waals surface area contributed by atoms with Gasteiger partial charge in [-0.15, -0.1) is 0 Å². The molecule has 0 bridgehead atoms. The van der Waals surface area contributed by atoms with Gasteiger partial charge in [-0.1, -0.05) is 24.0 Å². The normalized spacial score (nSPS) is 16.4. The van der Waals surface area contributed by atoms with Gasteiger partial charge in [0, 0.05) is 0 Å². The number of ether oxygens (including phenoxy) is 3. The highest BCUT2D eigenvalue weighted by molar-refractivity contribution is 8.26. The number of carboxylic acid groups (broad SMARTS) is 1. The van der Waals surface area contributed by atoms with Gasteiger partial charge in [-0.2, -0.15) is 11.8 Å². The Hall–Kier alpha value is -1.91. The number of carbonyl (C=O) groups excluding carboxylic acids is 2. The van der Waals surface area contributed by atoms with Crippen LogP contribution in [-0.4, -0.2) is 60.5 Å². The zero-order valence-corrected chi connectivity index (χ0v) is 18.3. The van der Waals surface area contributed by atoms with Crippen LogP contribution in [0.25, 0.3) is 6.08 Å². The van der Waals surface area contributed by atoms with E-state index >= 15 is 0 Å². The molecular formula is C18H20NO6S3-. The maximum Gasteiger partial charge on any atom is 0.266 e. The van der Waals surface area contributed by atoms with Crippen LogP contribution in [0.1, 0.15) is 12.0 Å². The first-order valence-corrected chi connectivity index (χ1v) is 10.8. The fourth-order valence-corrected chi connectivity index (χ4v) is 4.48. The smallest absolute Gasteiger partial charge is 0.266 e. The summed E-state index contributed by atoms with van der Waals surface area (Å²) in [6, 6.07) is 2.29. The van der Waals surface area contributed by atoms with Crippen LogP contribution in [0.4, 0.5) is 0 Å². The molecule has 0 N–H and O–H groups in total. The Labute approximate surface area is 177 Å². The van der Waals surface area contributed by atoms with Crippen LogP contribution in [0.2, 0.25) is 0 Å². The van der Waals surface area contributed by atoms with Gasteiger partial charge >= 0.3 is 0 Å². The van der Waals surface area contributed by atoms with E-state index in [2.05, 4.69) is 0 Å². The van der Waals surface area contributed by atoms with Gasteiger partial charge < -0.3 is 24.1 Å². The van der Waals surface area contributed by atoms with Crippen molar-refractivity contribution < 1.29 is 28.9 Å². The lowest BCUT2D eigenvalue weighted by Gasteiger charge is -2.27. The summed E-state index contributed by atoms with van der Waals surface area (Å²) in [5.41, 5.74) is 0.629. The van der Waals surface area contributed by atoms with Crippen LogP contribution in [-0.2, 0) is 9.59 Å². The Kier molecular flexibility index (Phi) is 8.02. The summed E-state index contributed by atoms with van der Waals surface area (Å²) in [6.07, 6.45) is 3.74. The van der Waals surface area contributed by atoms with E-state index in [1.807, 2.05) is 6.26 Å². The predicted octanol–water partition coefficient (Wildman–Crippen LogP) is 1.79. The van der Waals surface area contributed by atoms with Crippen LogP contribution >= 0.6 is 35.7 Å². The Balaban J connectivity index is 2.39. The Bertz CT molecular complexity index is 786. The minimum absolute atomic E-state index is 0.194.